The van der Waals surface area contributed by atoms with Gasteiger partial charge in [0.05, 0.1) is 0 Å². The highest BCUT2D eigenvalue weighted by atomic mass is 16.1. The predicted molar refractivity (Wildman–Crippen MR) is 106 cm³/mol. The van der Waals surface area contributed by atoms with Gasteiger partial charge in [0, 0.05) is 53.7 Å². The molecule has 130 valence electrons. The Labute approximate surface area is 151 Å². The number of rotatable bonds is 4. The number of nitrogens with zero attached hydrogens (tertiary/aromatic N) is 3. The van der Waals surface area contributed by atoms with Crippen molar-refractivity contribution in [2.45, 2.75) is 13.5 Å². The zero-order valence-electron chi connectivity index (χ0n) is 14.8. The molecule has 0 aliphatic rings. The standard InChI is InChI=1S/C21H20N4O/c1-3-25-18-7-5-4-6-16(18)17-14-15(8-10-19(17)25)9-11-21(26)22-20-12-13-24(2)23-20/h4-14H,3H2,1-2H3,(H,22,23,26). The second kappa shape index (κ2) is 6.52. The Bertz CT molecular complexity index is 1130. The van der Waals surface area contributed by atoms with Gasteiger partial charge in [-0.3, -0.25) is 9.48 Å². The quantitative estimate of drug-likeness (QED) is 0.564. The number of nitrogens with one attached hydrogen (secondary N) is 1. The van der Waals surface area contributed by atoms with Gasteiger partial charge in [-0.25, -0.2) is 0 Å². The number of aromatic nitrogens is 3. The molecule has 0 radical (unpaired) electrons. The minimum atomic E-state index is -0.195. The number of fused-ring (bicyclic) bond motifs is 3. The van der Waals surface area contributed by atoms with Crippen LogP contribution in [0.2, 0.25) is 0 Å². The minimum Gasteiger partial charge on any atom is -0.341 e. The zero-order chi connectivity index (χ0) is 18.1. The molecule has 1 N–H and O–H groups in total. The number of carbonyl (C=O) groups is 1. The number of amides is 1. The number of hydrogen-bond donors (Lipinski definition) is 1. The Balaban J connectivity index is 1.65. The molecule has 2 aromatic heterocycles. The largest absolute Gasteiger partial charge is 0.341 e. The maximum Gasteiger partial charge on any atom is 0.249 e. The molecule has 0 saturated heterocycles. The molecule has 4 aromatic rings. The van der Waals surface area contributed by atoms with Crippen molar-refractivity contribution >= 4 is 39.6 Å². The van der Waals surface area contributed by atoms with E-state index in [9.17, 15) is 4.79 Å². The van der Waals surface area contributed by atoms with Crippen molar-refractivity contribution in [3.05, 3.63) is 66.4 Å². The van der Waals surface area contributed by atoms with Gasteiger partial charge in [0.25, 0.3) is 0 Å². The summed E-state index contributed by atoms with van der Waals surface area (Å²) in [5.74, 6) is 0.350. The molecule has 0 fully saturated rings. The Kier molecular flexibility index (Phi) is 4.05. The summed E-state index contributed by atoms with van der Waals surface area (Å²) in [4.78, 5) is 12.1. The third-order valence-electron chi connectivity index (χ3n) is 4.50. The molecule has 26 heavy (non-hydrogen) atoms. The molecule has 0 unspecified atom stereocenters. The predicted octanol–water partition coefficient (Wildman–Crippen LogP) is 4.20. The lowest BCUT2D eigenvalue weighted by Crippen LogP contribution is -2.08. The molecule has 1 amide bonds. The van der Waals surface area contributed by atoms with Crippen molar-refractivity contribution in [1.82, 2.24) is 14.3 Å². The molecule has 0 atom stereocenters. The molecular weight excluding hydrogens is 324 g/mol. The van der Waals surface area contributed by atoms with Gasteiger partial charge >= 0.3 is 0 Å². The number of aryl methyl sites for hydroxylation is 2. The average Bonchev–Trinajstić information content (AvgIpc) is 3.20. The van der Waals surface area contributed by atoms with Gasteiger partial charge in [0.1, 0.15) is 0 Å². The van der Waals surface area contributed by atoms with E-state index in [4.69, 9.17) is 0 Å². The van der Waals surface area contributed by atoms with Crippen molar-refractivity contribution in [2.75, 3.05) is 5.32 Å². The fourth-order valence-electron chi connectivity index (χ4n) is 3.34. The first-order valence-corrected chi connectivity index (χ1v) is 8.65. The second-order valence-electron chi connectivity index (χ2n) is 6.24. The Hall–Kier alpha value is -3.34. The first-order valence-electron chi connectivity index (χ1n) is 8.65. The van der Waals surface area contributed by atoms with E-state index < -0.39 is 0 Å². The van der Waals surface area contributed by atoms with E-state index >= 15 is 0 Å². The Morgan fingerprint density at radius 2 is 1.92 bits per heavy atom. The van der Waals surface area contributed by atoms with E-state index in [2.05, 4.69) is 58.3 Å². The van der Waals surface area contributed by atoms with Gasteiger partial charge in [0.2, 0.25) is 5.91 Å². The highest BCUT2D eigenvalue weighted by molar-refractivity contribution is 6.09. The average molecular weight is 344 g/mol. The number of carbonyl (C=O) groups excluding carboxylic acids is 1. The monoisotopic (exact) mass is 344 g/mol. The lowest BCUT2D eigenvalue weighted by atomic mass is 10.1. The molecular formula is C21H20N4O. The van der Waals surface area contributed by atoms with Crippen LogP contribution >= 0.6 is 0 Å². The van der Waals surface area contributed by atoms with Gasteiger partial charge in [-0.05, 0) is 36.8 Å². The van der Waals surface area contributed by atoms with E-state index in [0.717, 1.165) is 12.1 Å². The Morgan fingerprint density at radius 1 is 1.12 bits per heavy atom. The van der Waals surface area contributed by atoms with E-state index in [-0.39, 0.29) is 5.91 Å². The van der Waals surface area contributed by atoms with Gasteiger partial charge in [-0.2, -0.15) is 5.10 Å². The number of hydrogen-bond acceptors (Lipinski definition) is 2. The fourth-order valence-corrected chi connectivity index (χ4v) is 3.34. The van der Waals surface area contributed by atoms with Crippen LogP contribution in [0.4, 0.5) is 5.82 Å². The molecule has 2 aromatic carbocycles. The van der Waals surface area contributed by atoms with Crippen LogP contribution < -0.4 is 5.32 Å². The van der Waals surface area contributed by atoms with Gasteiger partial charge in [0.15, 0.2) is 5.82 Å². The topological polar surface area (TPSA) is 51.9 Å². The van der Waals surface area contributed by atoms with Crippen LogP contribution in [-0.4, -0.2) is 20.3 Å². The maximum atomic E-state index is 12.1. The summed E-state index contributed by atoms with van der Waals surface area (Å²) in [6, 6.07) is 16.5. The fraction of sp³-hybridized carbons (Fsp3) is 0.143. The summed E-state index contributed by atoms with van der Waals surface area (Å²) in [6.07, 6.45) is 5.15. The smallest absolute Gasteiger partial charge is 0.249 e. The number of benzene rings is 2. The molecule has 0 saturated carbocycles. The van der Waals surface area contributed by atoms with Crippen LogP contribution in [0.1, 0.15) is 12.5 Å². The van der Waals surface area contributed by atoms with Crippen LogP contribution in [-0.2, 0) is 18.4 Å². The van der Waals surface area contributed by atoms with E-state index in [1.807, 2.05) is 19.2 Å². The summed E-state index contributed by atoms with van der Waals surface area (Å²) >= 11 is 0. The molecule has 2 heterocycles. The molecule has 0 aliphatic carbocycles. The first kappa shape index (κ1) is 16.1. The van der Waals surface area contributed by atoms with Crippen LogP contribution in [0.5, 0.6) is 0 Å². The van der Waals surface area contributed by atoms with Crippen molar-refractivity contribution in [3.8, 4) is 0 Å². The summed E-state index contributed by atoms with van der Waals surface area (Å²) in [7, 11) is 1.81. The SMILES string of the molecule is CCn1c2ccccc2c2cc(C=CC(=O)Nc3ccn(C)n3)ccc21. The molecule has 5 heteroatoms. The molecule has 0 spiro atoms. The van der Waals surface area contributed by atoms with Crippen molar-refractivity contribution < 1.29 is 4.79 Å². The van der Waals surface area contributed by atoms with Gasteiger partial charge in [-0.15, -0.1) is 0 Å². The van der Waals surface area contributed by atoms with Crippen molar-refractivity contribution in [1.29, 1.82) is 0 Å². The number of para-hydroxylation sites is 1. The second-order valence-corrected chi connectivity index (χ2v) is 6.24. The van der Waals surface area contributed by atoms with E-state index in [1.165, 1.54) is 27.9 Å². The molecule has 0 bridgehead atoms. The van der Waals surface area contributed by atoms with Crippen LogP contribution in [0, 0.1) is 0 Å². The maximum absolute atomic E-state index is 12.1. The number of anilines is 1. The van der Waals surface area contributed by atoms with Gasteiger partial charge < -0.3 is 9.88 Å². The minimum absolute atomic E-state index is 0.195. The summed E-state index contributed by atoms with van der Waals surface area (Å²) in [5, 5.41) is 9.33. The van der Waals surface area contributed by atoms with Crippen LogP contribution in [0.25, 0.3) is 27.9 Å². The third-order valence-corrected chi connectivity index (χ3v) is 4.50. The summed E-state index contributed by atoms with van der Waals surface area (Å²) < 4.78 is 3.96. The van der Waals surface area contributed by atoms with Crippen molar-refractivity contribution in [2.24, 2.45) is 7.05 Å². The van der Waals surface area contributed by atoms with Crippen LogP contribution in [0.3, 0.4) is 0 Å². The normalized spacial score (nSPS) is 11.6. The molecule has 4 rings (SSSR count). The first-order chi connectivity index (χ1) is 12.7. The Morgan fingerprint density at radius 3 is 2.69 bits per heavy atom. The highest BCUT2D eigenvalue weighted by Gasteiger charge is 2.09. The lowest BCUT2D eigenvalue weighted by Gasteiger charge is -2.02. The van der Waals surface area contributed by atoms with Crippen LogP contribution in [0.15, 0.2) is 60.8 Å². The van der Waals surface area contributed by atoms with E-state index in [1.54, 1.807) is 16.9 Å². The highest BCUT2D eigenvalue weighted by Crippen LogP contribution is 2.29. The molecule has 0 aliphatic heterocycles. The van der Waals surface area contributed by atoms with Crippen molar-refractivity contribution in [3.63, 3.8) is 0 Å². The van der Waals surface area contributed by atoms with E-state index in [0.29, 0.717) is 5.82 Å². The third kappa shape index (κ3) is 2.88. The molecule has 5 nitrogen and oxygen atoms in total. The summed E-state index contributed by atoms with van der Waals surface area (Å²) in [5.41, 5.74) is 3.44. The van der Waals surface area contributed by atoms with Gasteiger partial charge in [-0.1, -0.05) is 24.3 Å². The summed E-state index contributed by atoms with van der Waals surface area (Å²) in [6.45, 7) is 3.08. The zero-order valence-corrected chi connectivity index (χ0v) is 14.8. The lowest BCUT2D eigenvalue weighted by molar-refractivity contribution is -0.111.